The van der Waals surface area contributed by atoms with Gasteiger partial charge in [0.2, 0.25) is 11.8 Å². The van der Waals surface area contributed by atoms with Gasteiger partial charge < -0.3 is 20.3 Å². The molecule has 0 aromatic heterocycles. The van der Waals surface area contributed by atoms with Crippen molar-refractivity contribution in [1.82, 2.24) is 4.90 Å². The summed E-state index contributed by atoms with van der Waals surface area (Å²) in [5.41, 5.74) is 0.802. The molecule has 1 aromatic carbocycles. The van der Waals surface area contributed by atoms with Crippen molar-refractivity contribution in [3.05, 3.63) is 24.3 Å². The van der Waals surface area contributed by atoms with Crippen molar-refractivity contribution >= 4 is 30.1 Å². The first kappa shape index (κ1) is 18.2. The summed E-state index contributed by atoms with van der Waals surface area (Å²) < 4.78 is 0. The molecule has 1 unspecified atom stereocenters. The number of carbonyl (C=O) groups excluding carboxylic acids is 2. The van der Waals surface area contributed by atoms with Crippen molar-refractivity contribution in [1.29, 1.82) is 0 Å². The van der Waals surface area contributed by atoms with E-state index in [-0.39, 0.29) is 23.7 Å². The molecule has 0 aliphatic heterocycles. The van der Waals surface area contributed by atoms with E-state index >= 15 is 0 Å². The van der Waals surface area contributed by atoms with Gasteiger partial charge in [0, 0.05) is 31.6 Å². The Morgan fingerprint density at radius 1 is 1.23 bits per heavy atom. The van der Waals surface area contributed by atoms with Crippen molar-refractivity contribution in [2.24, 2.45) is 11.8 Å². The molecule has 0 aliphatic carbocycles. The summed E-state index contributed by atoms with van der Waals surface area (Å²) in [6.45, 7) is 3.56. The number of hydrogen-bond donors (Lipinski definition) is 3. The van der Waals surface area contributed by atoms with E-state index in [9.17, 15) is 9.59 Å². The number of hydrogen-bond acceptors (Lipinski definition) is 4. The Labute approximate surface area is 131 Å². The van der Waals surface area contributed by atoms with Gasteiger partial charge >= 0.3 is 7.12 Å². The molecule has 22 heavy (non-hydrogen) atoms. The Kier molecular flexibility index (Phi) is 6.58. The van der Waals surface area contributed by atoms with Gasteiger partial charge in [-0.3, -0.25) is 9.59 Å². The van der Waals surface area contributed by atoms with Gasteiger partial charge in [-0.25, -0.2) is 0 Å². The van der Waals surface area contributed by atoms with E-state index in [0.717, 1.165) is 0 Å². The predicted molar refractivity (Wildman–Crippen MR) is 86.5 cm³/mol. The Balaban J connectivity index is 2.64. The van der Waals surface area contributed by atoms with Gasteiger partial charge in [-0.2, -0.15) is 0 Å². The van der Waals surface area contributed by atoms with Gasteiger partial charge in [0.05, 0.1) is 0 Å². The fourth-order valence-corrected chi connectivity index (χ4v) is 2.22. The minimum atomic E-state index is -1.58. The second kappa shape index (κ2) is 7.96. The van der Waals surface area contributed by atoms with Gasteiger partial charge in [-0.05, 0) is 24.0 Å². The first-order chi connectivity index (χ1) is 10.2. The summed E-state index contributed by atoms with van der Waals surface area (Å²) in [5.74, 6) is -0.781. The number of nitrogens with one attached hydrogen (secondary N) is 1. The molecule has 0 aliphatic rings. The van der Waals surface area contributed by atoms with E-state index in [1.165, 1.54) is 11.0 Å². The molecule has 1 rings (SSSR count). The third-order valence-electron chi connectivity index (χ3n) is 3.47. The van der Waals surface area contributed by atoms with Crippen LogP contribution in [0.25, 0.3) is 0 Å². The molecule has 3 N–H and O–H groups in total. The predicted octanol–water partition coefficient (Wildman–Crippen LogP) is 0.0554. The average Bonchev–Trinajstić information content (AvgIpc) is 2.46. The molecule has 0 spiro atoms. The van der Waals surface area contributed by atoms with Crippen molar-refractivity contribution in [3.63, 3.8) is 0 Å². The van der Waals surface area contributed by atoms with Gasteiger partial charge in [0.25, 0.3) is 0 Å². The van der Waals surface area contributed by atoms with Crippen molar-refractivity contribution in [3.8, 4) is 0 Å². The van der Waals surface area contributed by atoms with Crippen LogP contribution in [0.4, 0.5) is 5.69 Å². The number of nitrogens with zero attached hydrogens (tertiary/aromatic N) is 1. The van der Waals surface area contributed by atoms with Crippen LogP contribution in [0.1, 0.15) is 20.3 Å². The molecule has 1 aromatic rings. The highest BCUT2D eigenvalue weighted by molar-refractivity contribution is 6.58. The number of anilines is 1. The number of amides is 2. The summed E-state index contributed by atoms with van der Waals surface area (Å²) >= 11 is 0. The summed E-state index contributed by atoms with van der Waals surface area (Å²) in [6.07, 6.45) is 0.450. The Bertz CT molecular complexity index is 534. The molecule has 7 heteroatoms. The van der Waals surface area contributed by atoms with Gasteiger partial charge in [0.1, 0.15) is 0 Å². The molecule has 0 heterocycles. The third-order valence-corrected chi connectivity index (χ3v) is 3.47. The molecule has 2 amide bonds. The topological polar surface area (TPSA) is 89.9 Å². The largest absolute Gasteiger partial charge is 0.488 e. The maximum atomic E-state index is 12.2. The third kappa shape index (κ3) is 5.16. The van der Waals surface area contributed by atoms with Crippen molar-refractivity contribution < 1.29 is 19.6 Å². The van der Waals surface area contributed by atoms with Crippen LogP contribution in [-0.2, 0) is 9.59 Å². The molecule has 6 nitrogen and oxygen atoms in total. The molecule has 2 atom stereocenters. The maximum absolute atomic E-state index is 12.2. The molecule has 0 saturated carbocycles. The van der Waals surface area contributed by atoms with Crippen LogP contribution < -0.4 is 10.8 Å². The van der Waals surface area contributed by atoms with Crippen LogP contribution in [0.2, 0.25) is 0 Å². The lowest BCUT2D eigenvalue weighted by atomic mass is 9.80. The van der Waals surface area contributed by atoms with Gasteiger partial charge in [-0.1, -0.05) is 26.0 Å². The number of carbonyl (C=O) groups is 2. The monoisotopic (exact) mass is 306 g/mol. The van der Waals surface area contributed by atoms with E-state index in [2.05, 4.69) is 5.32 Å². The van der Waals surface area contributed by atoms with Crippen LogP contribution >= 0.6 is 0 Å². The van der Waals surface area contributed by atoms with E-state index in [4.69, 9.17) is 10.0 Å². The van der Waals surface area contributed by atoms with Crippen LogP contribution in [-0.4, -0.2) is 48.0 Å². The second-order valence-electron chi connectivity index (χ2n) is 5.76. The lowest BCUT2D eigenvalue weighted by Gasteiger charge is -2.20. The average molecular weight is 306 g/mol. The molecule has 0 saturated heterocycles. The van der Waals surface area contributed by atoms with Crippen molar-refractivity contribution in [2.45, 2.75) is 20.3 Å². The molecular weight excluding hydrogens is 283 g/mol. The molecule has 0 bridgehead atoms. The highest BCUT2D eigenvalue weighted by Crippen LogP contribution is 2.16. The Morgan fingerprint density at radius 2 is 1.86 bits per heavy atom. The minimum absolute atomic E-state index is 0.00921. The zero-order chi connectivity index (χ0) is 16.9. The smallest absolute Gasteiger partial charge is 0.423 e. The van der Waals surface area contributed by atoms with E-state index in [1.807, 2.05) is 0 Å². The Hall–Kier alpha value is -1.86. The highest BCUT2D eigenvalue weighted by atomic mass is 16.4. The van der Waals surface area contributed by atoms with Gasteiger partial charge in [-0.15, -0.1) is 0 Å². The van der Waals surface area contributed by atoms with Crippen LogP contribution in [0.3, 0.4) is 0 Å². The first-order valence-electron chi connectivity index (χ1n) is 7.20. The van der Waals surface area contributed by atoms with Crippen LogP contribution in [0.15, 0.2) is 24.3 Å². The Morgan fingerprint density at radius 3 is 2.41 bits per heavy atom. The molecule has 0 radical (unpaired) electrons. The number of rotatable bonds is 6. The quantitative estimate of drug-likeness (QED) is 0.648. The van der Waals surface area contributed by atoms with E-state index < -0.39 is 7.12 Å². The van der Waals surface area contributed by atoms with Crippen LogP contribution in [0.5, 0.6) is 0 Å². The fraction of sp³-hybridized carbons (Fsp3) is 0.467. The number of benzene rings is 1. The SMILES string of the molecule is CC(C[C@@H](C)C(=O)N(C)C)C(=O)Nc1cccc(B(O)O)c1. The maximum Gasteiger partial charge on any atom is 0.488 e. The standard InChI is InChI=1S/C15H23BN2O4/c1-10(8-11(2)15(20)18(3)4)14(19)17-13-7-5-6-12(9-13)16(21)22/h5-7,9-11,21-22H,8H2,1-4H3,(H,17,19)/t10?,11-/m1/s1. The van der Waals surface area contributed by atoms with Crippen molar-refractivity contribution in [2.75, 3.05) is 19.4 Å². The zero-order valence-electron chi connectivity index (χ0n) is 13.4. The van der Waals surface area contributed by atoms with E-state index in [0.29, 0.717) is 17.6 Å². The normalized spacial score (nSPS) is 13.2. The van der Waals surface area contributed by atoms with Gasteiger partial charge in [0.15, 0.2) is 0 Å². The molecular formula is C15H23BN2O4. The van der Waals surface area contributed by atoms with E-state index in [1.54, 1.807) is 46.1 Å². The first-order valence-corrected chi connectivity index (χ1v) is 7.20. The lowest BCUT2D eigenvalue weighted by molar-refractivity contribution is -0.133. The summed E-state index contributed by atoms with van der Waals surface area (Å²) in [6, 6.07) is 6.36. The molecule has 0 fully saturated rings. The van der Waals surface area contributed by atoms with Crippen LogP contribution in [0, 0.1) is 11.8 Å². The second-order valence-corrected chi connectivity index (χ2v) is 5.76. The zero-order valence-corrected chi connectivity index (χ0v) is 13.4. The summed E-state index contributed by atoms with van der Waals surface area (Å²) in [7, 11) is 1.80. The highest BCUT2D eigenvalue weighted by Gasteiger charge is 2.22. The summed E-state index contributed by atoms with van der Waals surface area (Å²) in [5, 5.41) is 21.0. The minimum Gasteiger partial charge on any atom is -0.423 e. The summed E-state index contributed by atoms with van der Waals surface area (Å²) in [4.78, 5) is 25.5. The fourth-order valence-electron chi connectivity index (χ4n) is 2.22. The molecule has 120 valence electrons. The lowest BCUT2D eigenvalue weighted by Crippen LogP contribution is -2.32.